The Bertz CT molecular complexity index is 839. The predicted molar refractivity (Wildman–Crippen MR) is 86.8 cm³/mol. The monoisotopic (exact) mass is 343 g/mol. The molecule has 0 radical (unpaired) electrons. The molecule has 0 fully saturated rings. The minimum Gasteiger partial charge on any atom is -0.321 e. The number of aryl methyl sites for hydroxylation is 2. The number of amides is 1. The first-order valence-corrected chi connectivity index (χ1v) is 7.35. The maximum atomic E-state index is 12.3. The third-order valence-electron chi connectivity index (χ3n) is 3.22. The van der Waals surface area contributed by atoms with Crippen LogP contribution in [0.3, 0.4) is 0 Å². The van der Waals surface area contributed by atoms with E-state index in [1.165, 1.54) is 0 Å². The average Bonchev–Trinajstić information content (AvgIpc) is 2.80. The molecule has 21 heavy (non-hydrogen) atoms. The number of carbonyl (C=O) groups is 1. The second-order valence-electron chi connectivity index (χ2n) is 5.00. The lowest BCUT2D eigenvalue weighted by Gasteiger charge is -2.08. The van der Waals surface area contributed by atoms with Gasteiger partial charge in [-0.1, -0.05) is 6.07 Å². The lowest BCUT2D eigenvalue weighted by atomic mass is 10.2. The molecule has 0 unspecified atom stereocenters. The highest BCUT2D eigenvalue weighted by molar-refractivity contribution is 9.10. The number of hydrogen-bond donors (Lipinski definition) is 1. The number of halogens is 1. The number of hydrogen-bond acceptors (Lipinski definition) is 2. The van der Waals surface area contributed by atoms with E-state index in [1.807, 2.05) is 48.8 Å². The van der Waals surface area contributed by atoms with Crippen LogP contribution in [0, 0.1) is 13.8 Å². The Hall–Kier alpha value is -2.14. The van der Waals surface area contributed by atoms with E-state index in [2.05, 4.69) is 26.2 Å². The molecule has 5 heteroatoms. The summed E-state index contributed by atoms with van der Waals surface area (Å²) >= 11 is 3.46. The fourth-order valence-electron chi connectivity index (χ4n) is 2.17. The normalized spacial score (nSPS) is 10.8. The summed E-state index contributed by atoms with van der Waals surface area (Å²) in [5.41, 5.74) is 4.16. The van der Waals surface area contributed by atoms with Crippen LogP contribution in [0.1, 0.15) is 21.6 Å². The fraction of sp³-hybridized carbons (Fsp3) is 0.125. The van der Waals surface area contributed by atoms with E-state index < -0.39 is 0 Å². The minimum absolute atomic E-state index is 0.150. The highest BCUT2D eigenvalue weighted by Gasteiger charge is 2.10. The van der Waals surface area contributed by atoms with Gasteiger partial charge in [0, 0.05) is 22.4 Å². The summed E-state index contributed by atoms with van der Waals surface area (Å²) in [5.74, 6) is -0.150. The number of anilines is 1. The maximum Gasteiger partial charge on any atom is 0.255 e. The molecule has 3 aromatic rings. The summed E-state index contributed by atoms with van der Waals surface area (Å²) in [6.45, 7) is 3.93. The first-order valence-electron chi connectivity index (χ1n) is 6.56. The summed E-state index contributed by atoms with van der Waals surface area (Å²) in [6.07, 6.45) is 3.77. The number of fused-ring (bicyclic) bond motifs is 1. The number of rotatable bonds is 2. The third-order valence-corrected chi connectivity index (χ3v) is 3.87. The SMILES string of the molecule is Cc1ccc(NC(=O)c2ccn3cc(C)nc3c2)c(Br)c1. The molecule has 2 heterocycles. The molecule has 1 amide bonds. The number of nitrogens with zero attached hydrogens (tertiary/aromatic N) is 2. The van der Waals surface area contributed by atoms with Gasteiger partial charge in [0.05, 0.1) is 11.4 Å². The van der Waals surface area contributed by atoms with Gasteiger partial charge in [0.25, 0.3) is 5.91 Å². The largest absolute Gasteiger partial charge is 0.321 e. The quantitative estimate of drug-likeness (QED) is 0.765. The predicted octanol–water partition coefficient (Wildman–Crippen LogP) is 3.97. The van der Waals surface area contributed by atoms with Gasteiger partial charge in [-0.2, -0.15) is 0 Å². The fourth-order valence-corrected chi connectivity index (χ4v) is 2.76. The number of imidazole rings is 1. The zero-order chi connectivity index (χ0) is 15.0. The molecular formula is C16H14BrN3O. The molecule has 3 rings (SSSR count). The van der Waals surface area contributed by atoms with Gasteiger partial charge < -0.3 is 9.72 Å². The Morgan fingerprint density at radius 3 is 2.81 bits per heavy atom. The molecule has 2 aromatic heterocycles. The first-order chi connectivity index (χ1) is 10.0. The standard InChI is InChI=1S/C16H14BrN3O/c1-10-3-4-14(13(17)7-10)19-16(21)12-5-6-20-9-11(2)18-15(20)8-12/h3-9H,1-2H3,(H,19,21). The molecule has 4 nitrogen and oxygen atoms in total. The maximum absolute atomic E-state index is 12.3. The lowest BCUT2D eigenvalue weighted by Crippen LogP contribution is -2.12. The van der Waals surface area contributed by atoms with Crippen LogP contribution < -0.4 is 5.32 Å². The summed E-state index contributed by atoms with van der Waals surface area (Å²) in [6, 6.07) is 9.38. The average molecular weight is 344 g/mol. The molecule has 0 spiro atoms. The van der Waals surface area contributed by atoms with E-state index in [1.54, 1.807) is 12.1 Å². The number of benzene rings is 1. The van der Waals surface area contributed by atoms with Crippen molar-refractivity contribution in [2.45, 2.75) is 13.8 Å². The van der Waals surface area contributed by atoms with E-state index >= 15 is 0 Å². The number of aromatic nitrogens is 2. The van der Waals surface area contributed by atoms with E-state index in [0.717, 1.165) is 27.1 Å². The number of carbonyl (C=O) groups excluding carboxylic acids is 1. The van der Waals surface area contributed by atoms with Crippen molar-refractivity contribution in [2.24, 2.45) is 0 Å². The summed E-state index contributed by atoms with van der Waals surface area (Å²) in [4.78, 5) is 16.7. The minimum atomic E-state index is -0.150. The molecule has 0 aliphatic heterocycles. The molecule has 0 atom stereocenters. The zero-order valence-corrected chi connectivity index (χ0v) is 13.3. The van der Waals surface area contributed by atoms with Crippen molar-refractivity contribution in [3.05, 3.63) is 64.0 Å². The van der Waals surface area contributed by atoms with Crippen LogP contribution in [-0.2, 0) is 0 Å². The van der Waals surface area contributed by atoms with Gasteiger partial charge in [0.1, 0.15) is 5.65 Å². The highest BCUT2D eigenvalue weighted by Crippen LogP contribution is 2.24. The first kappa shape index (κ1) is 13.8. The van der Waals surface area contributed by atoms with Crippen LogP contribution in [0.25, 0.3) is 5.65 Å². The van der Waals surface area contributed by atoms with E-state index in [9.17, 15) is 4.79 Å². The van der Waals surface area contributed by atoms with E-state index in [-0.39, 0.29) is 5.91 Å². The summed E-state index contributed by atoms with van der Waals surface area (Å²) < 4.78 is 2.77. The van der Waals surface area contributed by atoms with Crippen LogP contribution in [-0.4, -0.2) is 15.3 Å². The van der Waals surface area contributed by atoms with Gasteiger partial charge in [-0.25, -0.2) is 4.98 Å². The Kier molecular flexibility index (Phi) is 3.51. The summed E-state index contributed by atoms with van der Waals surface area (Å²) in [5, 5.41) is 2.90. The van der Waals surface area contributed by atoms with Gasteiger partial charge in [-0.05, 0) is 59.6 Å². The van der Waals surface area contributed by atoms with E-state index in [0.29, 0.717) is 5.56 Å². The second-order valence-corrected chi connectivity index (χ2v) is 5.85. The smallest absolute Gasteiger partial charge is 0.255 e. The lowest BCUT2D eigenvalue weighted by molar-refractivity contribution is 0.102. The van der Waals surface area contributed by atoms with Crippen LogP contribution in [0.5, 0.6) is 0 Å². The zero-order valence-electron chi connectivity index (χ0n) is 11.7. The van der Waals surface area contributed by atoms with Crippen molar-refractivity contribution in [3.63, 3.8) is 0 Å². The van der Waals surface area contributed by atoms with Crippen molar-refractivity contribution in [1.29, 1.82) is 0 Å². The van der Waals surface area contributed by atoms with Gasteiger partial charge >= 0.3 is 0 Å². The van der Waals surface area contributed by atoms with Gasteiger partial charge in [-0.15, -0.1) is 0 Å². The number of pyridine rings is 1. The van der Waals surface area contributed by atoms with Crippen molar-refractivity contribution >= 4 is 33.2 Å². The highest BCUT2D eigenvalue weighted by atomic mass is 79.9. The molecular weight excluding hydrogens is 330 g/mol. The Balaban J connectivity index is 1.89. The Labute approximate surface area is 131 Å². The van der Waals surface area contributed by atoms with Gasteiger partial charge in [-0.3, -0.25) is 4.79 Å². The molecule has 106 valence electrons. The topological polar surface area (TPSA) is 46.4 Å². The Morgan fingerprint density at radius 2 is 2.05 bits per heavy atom. The Morgan fingerprint density at radius 1 is 1.24 bits per heavy atom. The molecule has 0 aliphatic carbocycles. The van der Waals surface area contributed by atoms with Crippen molar-refractivity contribution in [2.75, 3.05) is 5.32 Å². The molecule has 0 saturated carbocycles. The van der Waals surface area contributed by atoms with E-state index in [4.69, 9.17) is 0 Å². The second kappa shape index (κ2) is 5.33. The molecule has 1 aromatic carbocycles. The summed E-state index contributed by atoms with van der Waals surface area (Å²) in [7, 11) is 0. The van der Waals surface area contributed by atoms with Crippen molar-refractivity contribution in [1.82, 2.24) is 9.38 Å². The van der Waals surface area contributed by atoms with Crippen LogP contribution in [0.15, 0.2) is 47.2 Å². The van der Waals surface area contributed by atoms with Crippen LogP contribution >= 0.6 is 15.9 Å². The number of nitrogens with one attached hydrogen (secondary N) is 1. The van der Waals surface area contributed by atoms with Gasteiger partial charge in [0.15, 0.2) is 0 Å². The van der Waals surface area contributed by atoms with Crippen LogP contribution in [0.2, 0.25) is 0 Å². The van der Waals surface area contributed by atoms with Gasteiger partial charge in [0.2, 0.25) is 0 Å². The van der Waals surface area contributed by atoms with Crippen molar-refractivity contribution < 1.29 is 4.79 Å². The van der Waals surface area contributed by atoms with Crippen molar-refractivity contribution in [3.8, 4) is 0 Å². The molecule has 1 N–H and O–H groups in total. The molecule has 0 bridgehead atoms. The molecule has 0 saturated heterocycles. The van der Waals surface area contributed by atoms with Crippen LogP contribution in [0.4, 0.5) is 5.69 Å². The molecule has 0 aliphatic rings. The third kappa shape index (κ3) is 2.83.